The summed E-state index contributed by atoms with van der Waals surface area (Å²) in [4.78, 5) is 39.1. The molecule has 2 heterocycles. The Morgan fingerprint density at radius 2 is 1.94 bits per heavy atom. The lowest BCUT2D eigenvalue weighted by Crippen LogP contribution is -2.43. The van der Waals surface area contributed by atoms with Crippen LogP contribution in [0.5, 0.6) is 0 Å². The summed E-state index contributed by atoms with van der Waals surface area (Å²) in [5.74, 6) is -1.12. The summed E-state index contributed by atoms with van der Waals surface area (Å²) in [6, 6.07) is 10.3. The number of aliphatic hydroxyl groups is 1. The minimum absolute atomic E-state index is 0.0418. The summed E-state index contributed by atoms with van der Waals surface area (Å²) in [6.07, 6.45) is -1.18. The molecule has 1 aromatic heterocycles. The maximum Gasteiger partial charge on any atom is 0.417 e. The molecule has 1 N–H and O–H groups in total. The van der Waals surface area contributed by atoms with Gasteiger partial charge in [-0.15, -0.1) is 0 Å². The van der Waals surface area contributed by atoms with E-state index < -0.39 is 42.1 Å². The van der Waals surface area contributed by atoms with Crippen LogP contribution in [0.1, 0.15) is 56.5 Å². The molecule has 0 spiro atoms. The number of aliphatic hydroxyl groups excluding tert-OH is 1. The van der Waals surface area contributed by atoms with Gasteiger partial charge in [0, 0.05) is 20.0 Å². The molecule has 190 valence electrons. The molecule has 2 aromatic rings. The van der Waals surface area contributed by atoms with Gasteiger partial charge in [0.15, 0.2) is 6.10 Å². The standard InChI is InChI=1S/C25H30BrNO8/c1-15(24(30)27-16(2)23(35-25(27)31)18-8-5-4-6-9-18)22(33-17(3)29)21-14-19(26)20(34-21)10-7-12-32-13-11-28/h4-6,8-9,14-16,22-23,28H,7,10-13H2,1-3H3/t15-,16-,22-,23-/m1/s1. The predicted molar refractivity (Wildman–Crippen MR) is 128 cm³/mol. The van der Waals surface area contributed by atoms with E-state index in [0.29, 0.717) is 35.4 Å². The van der Waals surface area contributed by atoms with Crippen LogP contribution in [0, 0.1) is 5.92 Å². The molecule has 0 saturated carbocycles. The first kappa shape index (κ1) is 26.9. The number of imide groups is 1. The smallest absolute Gasteiger partial charge is 0.417 e. The van der Waals surface area contributed by atoms with Crippen molar-refractivity contribution < 1.29 is 38.1 Å². The Bertz CT molecular complexity index is 1020. The molecule has 2 amide bonds. The molecule has 0 unspecified atom stereocenters. The van der Waals surface area contributed by atoms with Gasteiger partial charge in [0.1, 0.15) is 17.6 Å². The van der Waals surface area contributed by atoms with E-state index in [2.05, 4.69) is 15.9 Å². The molecular weight excluding hydrogens is 522 g/mol. The number of hydrogen-bond acceptors (Lipinski definition) is 8. The maximum absolute atomic E-state index is 13.4. The van der Waals surface area contributed by atoms with Gasteiger partial charge in [-0.05, 0) is 47.8 Å². The second-order valence-corrected chi connectivity index (χ2v) is 9.20. The van der Waals surface area contributed by atoms with E-state index in [1.165, 1.54) is 6.92 Å². The summed E-state index contributed by atoms with van der Waals surface area (Å²) >= 11 is 3.46. The average molecular weight is 552 g/mol. The molecule has 4 atom stereocenters. The van der Waals surface area contributed by atoms with Crippen LogP contribution in [-0.2, 0) is 30.2 Å². The highest BCUT2D eigenvalue weighted by Crippen LogP contribution is 2.37. The molecule has 10 heteroatoms. The van der Waals surface area contributed by atoms with Crippen LogP contribution in [-0.4, -0.2) is 53.8 Å². The van der Waals surface area contributed by atoms with Crippen molar-refractivity contribution in [2.24, 2.45) is 5.92 Å². The highest BCUT2D eigenvalue weighted by molar-refractivity contribution is 9.10. The van der Waals surface area contributed by atoms with Crippen molar-refractivity contribution in [3.05, 3.63) is 58.0 Å². The molecule has 35 heavy (non-hydrogen) atoms. The van der Waals surface area contributed by atoms with Gasteiger partial charge in [0.05, 0.1) is 29.6 Å². The van der Waals surface area contributed by atoms with E-state index in [9.17, 15) is 14.4 Å². The van der Waals surface area contributed by atoms with Gasteiger partial charge in [0.25, 0.3) is 0 Å². The Morgan fingerprint density at radius 3 is 2.60 bits per heavy atom. The number of halogens is 1. The van der Waals surface area contributed by atoms with Crippen molar-refractivity contribution in [3.8, 4) is 0 Å². The summed E-state index contributed by atoms with van der Waals surface area (Å²) in [5, 5.41) is 8.79. The van der Waals surface area contributed by atoms with Crippen molar-refractivity contribution >= 4 is 33.9 Å². The van der Waals surface area contributed by atoms with Gasteiger partial charge in [0.2, 0.25) is 5.91 Å². The first-order valence-corrected chi connectivity index (χ1v) is 12.3. The van der Waals surface area contributed by atoms with Crippen molar-refractivity contribution in [1.29, 1.82) is 0 Å². The number of hydrogen-bond donors (Lipinski definition) is 1. The van der Waals surface area contributed by atoms with E-state index in [1.54, 1.807) is 19.9 Å². The lowest BCUT2D eigenvalue weighted by atomic mass is 9.98. The van der Waals surface area contributed by atoms with Crippen molar-refractivity contribution in [1.82, 2.24) is 4.90 Å². The quantitative estimate of drug-likeness (QED) is 0.324. The fraction of sp³-hybridized carbons (Fsp3) is 0.480. The van der Waals surface area contributed by atoms with E-state index in [-0.39, 0.29) is 13.2 Å². The zero-order chi connectivity index (χ0) is 25.5. The number of carbonyl (C=O) groups excluding carboxylic acids is 3. The monoisotopic (exact) mass is 551 g/mol. The molecule has 1 saturated heterocycles. The molecule has 0 bridgehead atoms. The fourth-order valence-electron chi connectivity index (χ4n) is 4.02. The third-order valence-electron chi connectivity index (χ3n) is 5.76. The number of ether oxygens (including phenoxy) is 3. The molecular formula is C25H30BrNO8. The number of aryl methyl sites for hydroxylation is 1. The number of furan rings is 1. The minimum Gasteiger partial charge on any atom is -0.461 e. The Labute approximate surface area is 212 Å². The number of rotatable bonds is 11. The van der Waals surface area contributed by atoms with Gasteiger partial charge in [-0.1, -0.05) is 30.3 Å². The van der Waals surface area contributed by atoms with Gasteiger partial charge in [-0.3, -0.25) is 9.59 Å². The average Bonchev–Trinajstić information content (AvgIpc) is 3.35. The van der Waals surface area contributed by atoms with Crippen LogP contribution in [0.2, 0.25) is 0 Å². The topological polar surface area (TPSA) is 116 Å². The number of esters is 1. The molecule has 1 aliphatic rings. The Balaban J connectivity index is 1.77. The van der Waals surface area contributed by atoms with Crippen LogP contribution in [0.25, 0.3) is 0 Å². The zero-order valence-corrected chi connectivity index (χ0v) is 21.5. The number of cyclic esters (lactones) is 1. The first-order chi connectivity index (χ1) is 16.7. The summed E-state index contributed by atoms with van der Waals surface area (Å²) in [5.41, 5.74) is 0.787. The van der Waals surface area contributed by atoms with Crippen molar-refractivity contribution in [3.63, 3.8) is 0 Å². The highest BCUT2D eigenvalue weighted by atomic mass is 79.9. The van der Waals surface area contributed by atoms with E-state index >= 15 is 0 Å². The molecule has 1 aromatic carbocycles. The SMILES string of the molecule is CC(=O)O[C@@H](c1cc(Br)c(CCCOCCO)o1)[C@@H](C)C(=O)N1C(=O)O[C@@H](c2ccccc2)[C@H]1C. The molecule has 1 aliphatic heterocycles. The van der Waals surface area contributed by atoms with Gasteiger partial charge >= 0.3 is 12.1 Å². The summed E-state index contributed by atoms with van der Waals surface area (Å²) in [7, 11) is 0. The molecule has 1 fully saturated rings. The third kappa shape index (κ3) is 6.50. The highest BCUT2D eigenvalue weighted by Gasteiger charge is 2.46. The lowest BCUT2D eigenvalue weighted by Gasteiger charge is -2.26. The Hall–Kier alpha value is -2.69. The third-order valence-corrected chi connectivity index (χ3v) is 6.43. The van der Waals surface area contributed by atoms with Crippen LogP contribution in [0.4, 0.5) is 4.79 Å². The predicted octanol–water partition coefficient (Wildman–Crippen LogP) is 4.33. The lowest BCUT2D eigenvalue weighted by molar-refractivity contribution is -0.154. The second kappa shape index (κ2) is 12.3. The summed E-state index contributed by atoms with van der Waals surface area (Å²) in [6.45, 7) is 5.25. The van der Waals surface area contributed by atoms with E-state index in [1.807, 2.05) is 30.3 Å². The molecule has 9 nitrogen and oxygen atoms in total. The van der Waals surface area contributed by atoms with Gasteiger partial charge < -0.3 is 23.7 Å². The van der Waals surface area contributed by atoms with Crippen LogP contribution in [0.3, 0.4) is 0 Å². The maximum atomic E-state index is 13.4. The Kier molecular flexibility index (Phi) is 9.47. The number of carbonyl (C=O) groups is 3. The fourth-order valence-corrected chi connectivity index (χ4v) is 4.52. The van der Waals surface area contributed by atoms with E-state index in [4.69, 9.17) is 23.7 Å². The largest absolute Gasteiger partial charge is 0.461 e. The van der Waals surface area contributed by atoms with Crippen LogP contribution in [0.15, 0.2) is 45.3 Å². The van der Waals surface area contributed by atoms with Crippen LogP contribution >= 0.6 is 15.9 Å². The first-order valence-electron chi connectivity index (χ1n) is 11.5. The van der Waals surface area contributed by atoms with E-state index in [0.717, 1.165) is 10.5 Å². The summed E-state index contributed by atoms with van der Waals surface area (Å²) < 4.78 is 22.9. The molecule has 0 aliphatic carbocycles. The van der Waals surface area contributed by atoms with Crippen molar-refractivity contribution in [2.45, 2.75) is 51.9 Å². The van der Waals surface area contributed by atoms with Gasteiger partial charge in [-0.2, -0.15) is 0 Å². The zero-order valence-electron chi connectivity index (χ0n) is 19.9. The van der Waals surface area contributed by atoms with Crippen molar-refractivity contribution in [2.75, 3.05) is 19.8 Å². The van der Waals surface area contributed by atoms with Crippen LogP contribution < -0.4 is 0 Å². The number of benzene rings is 1. The van der Waals surface area contributed by atoms with Gasteiger partial charge in [-0.25, -0.2) is 9.69 Å². The number of nitrogens with zero attached hydrogens (tertiary/aromatic N) is 1. The second-order valence-electron chi connectivity index (χ2n) is 8.34. The molecule has 3 rings (SSSR count). The number of amides is 2. The molecule has 0 radical (unpaired) electrons. The minimum atomic E-state index is -1.04. The normalized spacial score (nSPS) is 19.3. The Morgan fingerprint density at radius 1 is 1.23 bits per heavy atom.